The summed E-state index contributed by atoms with van der Waals surface area (Å²) < 4.78 is 16.2. The highest BCUT2D eigenvalue weighted by molar-refractivity contribution is 5.86. The van der Waals surface area contributed by atoms with E-state index < -0.39 is 11.2 Å². The Hall–Kier alpha value is -1.55. The van der Waals surface area contributed by atoms with E-state index in [-0.39, 0.29) is 5.97 Å². The van der Waals surface area contributed by atoms with Gasteiger partial charge < -0.3 is 14.2 Å². The Kier molecular flexibility index (Phi) is 2.78. The van der Waals surface area contributed by atoms with Gasteiger partial charge in [-0.15, -0.1) is 0 Å². The topological polar surface area (TPSA) is 48.1 Å². The molecule has 1 aromatic rings. The third-order valence-electron chi connectivity index (χ3n) is 4.18. The zero-order valence-electron chi connectivity index (χ0n) is 11.3. The molecule has 0 aromatic heterocycles. The number of hydrogen-bond acceptors (Lipinski definition) is 4. The fraction of sp³-hybridized carbons (Fsp3) is 0.533. The third kappa shape index (κ3) is 1.59. The van der Waals surface area contributed by atoms with Gasteiger partial charge in [0, 0.05) is 0 Å². The van der Waals surface area contributed by atoms with Crippen LogP contribution in [-0.4, -0.2) is 25.3 Å². The van der Waals surface area contributed by atoms with Gasteiger partial charge in [0.1, 0.15) is 11.4 Å². The summed E-state index contributed by atoms with van der Waals surface area (Å²) in [6.45, 7) is 2.21. The molecule has 0 radical (unpaired) electrons. The number of fused-ring (bicyclic) bond motifs is 1. The molecule has 3 rings (SSSR count). The van der Waals surface area contributed by atoms with Gasteiger partial charge in [-0.3, -0.25) is 0 Å². The van der Waals surface area contributed by atoms with Crippen LogP contribution in [0.5, 0.6) is 5.75 Å². The molecule has 1 aliphatic heterocycles. The molecule has 2 atom stereocenters. The number of ether oxygens (including phenoxy) is 3. The van der Waals surface area contributed by atoms with Crippen LogP contribution in [0.4, 0.5) is 0 Å². The number of rotatable bonds is 4. The molecular weight excluding hydrogens is 244 g/mol. The maximum Gasteiger partial charge on any atom is 0.341 e. The molecule has 0 N–H and O–H groups in total. The van der Waals surface area contributed by atoms with Crippen LogP contribution in [0.15, 0.2) is 24.3 Å². The summed E-state index contributed by atoms with van der Waals surface area (Å²) in [5.41, 5.74) is -0.165. The number of methoxy groups -OCH3 is 1. The fourth-order valence-electron chi connectivity index (χ4n) is 3.22. The van der Waals surface area contributed by atoms with E-state index in [1.807, 2.05) is 31.2 Å². The van der Waals surface area contributed by atoms with Gasteiger partial charge in [0.25, 0.3) is 0 Å². The van der Waals surface area contributed by atoms with E-state index in [2.05, 4.69) is 0 Å². The standard InChI is InChI=1S/C15H18O4/c1-3-18-13(16)15-10-4-9-14(15,19-15)11-5-7-12(17-2)8-6-11/h5-8H,3-4,9-10H2,1-2H3. The zero-order chi connectivity index (χ0) is 13.5. The molecule has 4 heteroatoms. The number of hydrogen-bond donors (Lipinski definition) is 0. The molecule has 1 aromatic carbocycles. The van der Waals surface area contributed by atoms with E-state index in [9.17, 15) is 4.79 Å². The SMILES string of the molecule is CCOC(=O)C12CCCC1(c1ccc(OC)cc1)O2. The Morgan fingerprint density at radius 1 is 1.32 bits per heavy atom. The fourth-order valence-corrected chi connectivity index (χ4v) is 3.22. The van der Waals surface area contributed by atoms with Gasteiger partial charge in [0.15, 0.2) is 5.60 Å². The molecule has 2 aliphatic rings. The molecule has 2 fully saturated rings. The molecule has 2 unspecified atom stereocenters. The summed E-state index contributed by atoms with van der Waals surface area (Å²) in [6.07, 6.45) is 2.61. The number of carbonyl (C=O) groups excluding carboxylic acids is 1. The van der Waals surface area contributed by atoms with Crippen molar-refractivity contribution >= 4 is 5.97 Å². The molecule has 0 bridgehead atoms. The highest BCUT2D eigenvalue weighted by atomic mass is 16.7. The summed E-state index contributed by atoms with van der Waals surface area (Å²) in [7, 11) is 1.64. The van der Waals surface area contributed by atoms with Crippen LogP contribution in [0.1, 0.15) is 31.7 Å². The second kappa shape index (κ2) is 4.23. The van der Waals surface area contributed by atoms with Gasteiger partial charge in [0.2, 0.25) is 0 Å². The summed E-state index contributed by atoms with van der Waals surface area (Å²) in [5.74, 6) is 0.587. The van der Waals surface area contributed by atoms with Crippen molar-refractivity contribution in [2.75, 3.05) is 13.7 Å². The van der Waals surface area contributed by atoms with E-state index in [1.165, 1.54) is 0 Å². The average molecular weight is 262 g/mol. The molecule has 4 nitrogen and oxygen atoms in total. The molecular formula is C15H18O4. The van der Waals surface area contributed by atoms with Crippen LogP contribution in [0.3, 0.4) is 0 Å². The molecule has 1 saturated heterocycles. The zero-order valence-corrected chi connectivity index (χ0v) is 11.3. The van der Waals surface area contributed by atoms with E-state index >= 15 is 0 Å². The lowest BCUT2D eigenvalue weighted by molar-refractivity contribution is -0.149. The summed E-state index contributed by atoms with van der Waals surface area (Å²) >= 11 is 0. The van der Waals surface area contributed by atoms with Gasteiger partial charge >= 0.3 is 5.97 Å². The molecule has 0 spiro atoms. The van der Waals surface area contributed by atoms with E-state index in [0.717, 1.165) is 30.6 Å². The van der Waals surface area contributed by atoms with Gasteiger partial charge in [-0.25, -0.2) is 4.79 Å². The molecule has 102 valence electrons. The minimum Gasteiger partial charge on any atom is -0.497 e. The van der Waals surface area contributed by atoms with Crippen molar-refractivity contribution in [2.45, 2.75) is 37.4 Å². The maximum atomic E-state index is 12.1. The summed E-state index contributed by atoms with van der Waals surface area (Å²) in [4.78, 5) is 12.1. The Bertz CT molecular complexity index is 495. The molecule has 1 aliphatic carbocycles. The van der Waals surface area contributed by atoms with E-state index in [0.29, 0.717) is 6.61 Å². The summed E-state index contributed by atoms with van der Waals surface area (Å²) in [5, 5.41) is 0. The largest absolute Gasteiger partial charge is 0.497 e. The molecule has 19 heavy (non-hydrogen) atoms. The molecule has 1 heterocycles. The lowest BCUT2D eigenvalue weighted by Crippen LogP contribution is -2.30. The van der Waals surface area contributed by atoms with Gasteiger partial charge in [-0.2, -0.15) is 0 Å². The highest BCUT2D eigenvalue weighted by Gasteiger charge is 2.78. The monoisotopic (exact) mass is 262 g/mol. The lowest BCUT2D eigenvalue weighted by Gasteiger charge is -2.12. The van der Waals surface area contributed by atoms with E-state index in [1.54, 1.807) is 7.11 Å². The van der Waals surface area contributed by atoms with Crippen molar-refractivity contribution in [1.29, 1.82) is 0 Å². The first-order chi connectivity index (χ1) is 9.18. The quantitative estimate of drug-likeness (QED) is 0.617. The second-order valence-corrected chi connectivity index (χ2v) is 5.06. The minimum atomic E-state index is -0.738. The predicted octanol–water partition coefficient (Wildman–Crippen LogP) is 2.41. The Morgan fingerprint density at radius 3 is 2.68 bits per heavy atom. The lowest BCUT2D eigenvalue weighted by atomic mass is 9.89. The smallest absolute Gasteiger partial charge is 0.341 e. The molecule has 1 saturated carbocycles. The van der Waals surface area contributed by atoms with Crippen LogP contribution in [0, 0.1) is 0 Å². The predicted molar refractivity (Wildman–Crippen MR) is 69.0 cm³/mol. The molecule has 0 amide bonds. The van der Waals surface area contributed by atoms with Crippen LogP contribution in [0.25, 0.3) is 0 Å². The first kappa shape index (κ1) is 12.5. The Balaban J connectivity index is 1.89. The number of carbonyl (C=O) groups is 1. The van der Waals surface area contributed by atoms with Crippen molar-refractivity contribution in [3.8, 4) is 5.75 Å². The van der Waals surface area contributed by atoms with Crippen LogP contribution in [-0.2, 0) is 19.9 Å². The Morgan fingerprint density at radius 2 is 2.05 bits per heavy atom. The average Bonchev–Trinajstić information content (AvgIpc) is 2.97. The van der Waals surface area contributed by atoms with Crippen molar-refractivity contribution in [2.24, 2.45) is 0 Å². The van der Waals surface area contributed by atoms with Crippen molar-refractivity contribution < 1.29 is 19.0 Å². The normalized spacial score (nSPS) is 31.7. The number of epoxide rings is 1. The van der Waals surface area contributed by atoms with Crippen molar-refractivity contribution in [1.82, 2.24) is 0 Å². The van der Waals surface area contributed by atoms with Gasteiger partial charge in [-0.05, 0) is 43.9 Å². The first-order valence-corrected chi connectivity index (χ1v) is 6.70. The van der Waals surface area contributed by atoms with E-state index in [4.69, 9.17) is 14.2 Å². The second-order valence-electron chi connectivity index (χ2n) is 5.06. The van der Waals surface area contributed by atoms with Crippen LogP contribution >= 0.6 is 0 Å². The summed E-state index contributed by atoms with van der Waals surface area (Å²) in [6, 6.07) is 7.76. The Labute approximate surface area is 112 Å². The highest BCUT2D eigenvalue weighted by Crippen LogP contribution is 2.66. The van der Waals surface area contributed by atoms with Gasteiger partial charge in [-0.1, -0.05) is 12.1 Å². The van der Waals surface area contributed by atoms with Crippen LogP contribution < -0.4 is 4.74 Å². The van der Waals surface area contributed by atoms with Gasteiger partial charge in [0.05, 0.1) is 13.7 Å². The first-order valence-electron chi connectivity index (χ1n) is 6.70. The minimum absolute atomic E-state index is 0.219. The third-order valence-corrected chi connectivity index (χ3v) is 4.18. The number of benzene rings is 1. The van der Waals surface area contributed by atoms with Crippen molar-refractivity contribution in [3.63, 3.8) is 0 Å². The number of esters is 1. The maximum absolute atomic E-state index is 12.1. The van der Waals surface area contributed by atoms with Crippen LogP contribution in [0.2, 0.25) is 0 Å². The van der Waals surface area contributed by atoms with Crippen molar-refractivity contribution in [3.05, 3.63) is 29.8 Å².